The molecule has 1 amide bonds. The fourth-order valence-corrected chi connectivity index (χ4v) is 2.98. The quantitative estimate of drug-likeness (QED) is 0.801. The maximum absolute atomic E-state index is 13.3. The third kappa shape index (κ3) is 4.18. The number of amides is 1. The molecule has 2 atom stereocenters. The summed E-state index contributed by atoms with van der Waals surface area (Å²) in [5, 5.41) is 0. The van der Waals surface area contributed by atoms with E-state index in [0.717, 1.165) is 6.07 Å². The van der Waals surface area contributed by atoms with E-state index in [-0.39, 0.29) is 24.3 Å². The second kappa shape index (κ2) is 7.39. The highest BCUT2D eigenvalue weighted by atomic mass is 19.1. The van der Waals surface area contributed by atoms with Crippen molar-refractivity contribution in [1.29, 1.82) is 0 Å². The van der Waals surface area contributed by atoms with Crippen LogP contribution in [0.1, 0.15) is 18.4 Å². The lowest BCUT2D eigenvalue weighted by Crippen LogP contribution is -2.48. The lowest BCUT2D eigenvalue weighted by molar-refractivity contribution is -0.147. The molecule has 23 heavy (non-hydrogen) atoms. The second-order valence-electron chi connectivity index (χ2n) is 5.54. The fraction of sp³-hybridized carbons (Fsp3) is 0.500. The number of nitrogens with zero attached hydrogens (tertiary/aromatic N) is 1. The predicted molar refractivity (Wildman–Crippen MR) is 77.7 cm³/mol. The molecule has 1 fully saturated rings. The molecule has 126 valence electrons. The summed E-state index contributed by atoms with van der Waals surface area (Å²) >= 11 is 0. The minimum atomic E-state index is -0.676. The lowest BCUT2D eigenvalue weighted by Gasteiger charge is -2.37. The number of methoxy groups -OCH3 is 2. The maximum Gasteiger partial charge on any atom is 0.409 e. The first-order valence-corrected chi connectivity index (χ1v) is 7.32. The number of likely N-dealkylation sites (tertiary alicyclic amines) is 1. The van der Waals surface area contributed by atoms with Gasteiger partial charge in [0, 0.05) is 18.7 Å². The average Bonchev–Trinajstić information content (AvgIpc) is 2.52. The number of esters is 1. The molecule has 1 saturated heterocycles. The third-order valence-electron chi connectivity index (χ3n) is 4.05. The molecule has 0 spiro atoms. The van der Waals surface area contributed by atoms with Crippen molar-refractivity contribution in [2.45, 2.75) is 25.3 Å². The Labute approximate surface area is 133 Å². The zero-order valence-corrected chi connectivity index (χ0v) is 13.1. The summed E-state index contributed by atoms with van der Waals surface area (Å²) in [6.07, 6.45) is 0.544. The SMILES string of the molecule is COC(=O)C1CCN(C(=O)OC)C(Cc2cc(F)cc(F)c2)C1. The number of ether oxygens (including phenoxy) is 2. The van der Waals surface area contributed by atoms with Gasteiger partial charge in [0.2, 0.25) is 0 Å². The normalized spacial score (nSPS) is 21.0. The number of piperidine rings is 1. The number of carbonyl (C=O) groups is 2. The Hall–Kier alpha value is -2.18. The van der Waals surface area contributed by atoms with E-state index >= 15 is 0 Å². The Morgan fingerprint density at radius 1 is 1.17 bits per heavy atom. The molecule has 0 aromatic heterocycles. The first-order chi connectivity index (χ1) is 10.9. The van der Waals surface area contributed by atoms with Gasteiger partial charge in [-0.15, -0.1) is 0 Å². The number of carbonyl (C=O) groups excluding carboxylic acids is 2. The number of hydrogen-bond donors (Lipinski definition) is 0. The van der Waals surface area contributed by atoms with Crippen LogP contribution in [-0.2, 0) is 20.7 Å². The van der Waals surface area contributed by atoms with Crippen LogP contribution >= 0.6 is 0 Å². The van der Waals surface area contributed by atoms with E-state index in [4.69, 9.17) is 9.47 Å². The summed E-state index contributed by atoms with van der Waals surface area (Å²) < 4.78 is 36.2. The van der Waals surface area contributed by atoms with Gasteiger partial charge in [-0.05, 0) is 37.0 Å². The molecular formula is C16H19F2NO4. The van der Waals surface area contributed by atoms with Crippen LogP contribution in [0.4, 0.5) is 13.6 Å². The van der Waals surface area contributed by atoms with Gasteiger partial charge in [-0.25, -0.2) is 13.6 Å². The summed E-state index contributed by atoms with van der Waals surface area (Å²) in [5.74, 6) is -2.04. The fourth-order valence-electron chi connectivity index (χ4n) is 2.98. The predicted octanol–water partition coefficient (Wildman–Crippen LogP) is 2.53. The molecule has 1 aliphatic heterocycles. The minimum Gasteiger partial charge on any atom is -0.469 e. The minimum absolute atomic E-state index is 0.233. The lowest BCUT2D eigenvalue weighted by atomic mass is 9.88. The van der Waals surface area contributed by atoms with Gasteiger partial charge < -0.3 is 14.4 Å². The van der Waals surface area contributed by atoms with Gasteiger partial charge in [-0.1, -0.05) is 0 Å². The molecule has 0 N–H and O–H groups in total. The van der Waals surface area contributed by atoms with Crippen LogP contribution in [0.5, 0.6) is 0 Å². The van der Waals surface area contributed by atoms with Crippen LogP contribution in [0.3, 0.4) is 0 Å². The molecule has 2 unspecified atom stereocenters. The summed E-state index contributed by atoms with van der Waals surface area (Å²) in [6, 6.07) is 2.85. The number of benzene rings is 1. The molecule has 1 heterocycles. The van der Waals surface area contributed by atoms with Crippen LogP contribution in [0, 0.1) is 17.6 Å². The summed E-state index contributed by atoms with van der Waals surface area (Å²) in [6.45, 7) is 0.328. The van der Waals surface area contributed by atoms with Crippen molar-refractivity contribution in [3.8, 4) is 0 Å². The van der Waals surface area contributed by atoms with E-state index in [2.05, 4.69) is 0 Å². The standard InChI is InChI=1S/C16H19F2NO4/c1-22-15(20)11-3-4-19(16(21)23-2)14(8-11)7-10-5-12(17)9-13(18)6-10/h5-6,9,11,14H,3-4,7-8H2,1-2H3. The van der Waals surface area contributed by atoms with Gasteiger partial charge in [-0.3, -0.25) is 4.79 Å². The molecule has 1 aromatic carbocycles. The molecule has 0 bridgehead atoms. The van der Waals surface area contributed by atoms with E-state index in [1.807, 2.05) is 0 Å². The van der Waals surface area contributed by atoms with Gasteiger partial charge in [0.15, 0.2) is 0 Å². The molecule has 2 rings (SSSR count). The molecule has 5 nitrogen and oxygen atoms in total. The zero-order chi connectivity index (χ0) is 17.0. The van der Waals surface area contributed by atoms with E-state index in [1.165, 1.54) is 31.3 Å². The van der Waals surface area contributed by atoms with Crippen molar-refractivity contribution >= 4 is 12.1 Å². The smallest absolute Gasteiger partial charge is 0.409 e. The van der Waals surface area contributed by atoms with Crippen molar-refractivity contribution in [2.75, 3.05) is 20.8 Å². The van der Waals surface area contributed by atoms with Crippen molar-refractivity contribution in [1.82, 2.24) is 4.90 Å². The largest absolute Gasteiger partial charge is 0.469 e. The average molecular weight is 327 g/mol. The molecule has 1 aliphatic rings. The molecule has 1 aromatic rings. The Balaban J connectivity index is 2.20. The number of rotatable bonds is 3. The molecule has 7 heteroatoms. The Bertz CT molecular complexity index is 573. The Morgan fingerprint density at radius 2 is 1.83 bits per heavy atom. The molecular weight excluding hydrogens is 308 g/mol. The molecule has 0 radical (unpaired) electrons. The zero-order valence-electron chi connectivity index (χ0n) is 13.1. The summed E-state index contributed by atoms with van der Waals surface area (Å²) in [7, 11) is 2.58. The summed E-state index contributed by atoms with van der Waals surface area (Å²) in [5.41, 5.74) is 0.423. The van der Waals surface area contributed by atoms with Gasteiger partial charge >= 0.3 is 12.1 Å². The molecule has 0 aliphatic carbocycles. The van der Waals surface area contributed by atoms with Crippen molar-refractivity contribution < 1.29 is 27.8 Å². The van der Waals surface area contributed by atoms with Crippen molar-refractivity contribution in [3.63, 3.8) is 0 Å². The van der Waals surface area contributed by atoms with Crippen LogP contribution in [0.15, 0.2) is 18.2 Å². The highest BCUT2D eigenvalue weighted by Gasteiger charge is 2.35. The first kappa shape index (κ1) is 17.2. The highest BCUT2D eigenvalue weighted by Crippen LogP contribution is 2.27. The number of hydrogen-bond acceptors (Lipinski definition) is 4. The monoisotopic (exact) mass is 327 g/mol. The van der Waals surface area contributed by atoms with Gasteiger partial charge in [-0.2, -0.15) is 0 Å². The van der Waals surface area contributed by atoms with E-state index in [0.29, 0.717) is 24.9 Å². The topological polar surface area (TPSA) is 55.8 Å². The van der Waals surface area contributed by atoms with Gasteiger partial charge in [0.25, 0.3) is 0 Å². The van der Waals surface area contributed by atoms with Gasteiger partial charge in [0.1, 0.15) is 11.6 Å². The van der Waals surface area contributed by atoms with Crippen LogP contribution < -0.4 is 0 Å². The van der Waals surface area contributed by atoms with Gasteiger partial charge in [0.05, 0.1) is 20.1 Å². The van der Waals surface area contributed by atoms with Crippen molar-refractivity contribution in [3.05, 3.63) is 35.4 Å². The number of halogens is 2. The Morgan fingerprint density at radius 3 is 2.39 bits per heavy atom. The van der Waals surface area contributed by atoms with E-state index < -0.39 is 17.7 Å². The Kier molecular flexibility index (Phi) is 5.52. The van der Waals surface area contributed by atoms with Crippen LogP contribution in [0.2, 0.25) is 0 Å². The van der Waals surface area contributed by atoms with E-state index in [1.54, 1.807) is 0 Å². The maximum atomic E-state index is 13.3. The van der Waals surface area contributed by atoms with Crippen LogP contribution in [0.25, 0.3) is 0 Å². The van der Waals surface area contributed by atoms with Crippen LogP contribution in [-0.4, -0.2) is 43.8 Å². The van der Waals surface area contributed by atoms with Crippen molar-refractivity contribution in [2.24, 2.45) is 5.92 Å². The first-order valence-electron chi connectivity index (χ1n) is 7.32. The second-order valence-corrected chi connectivity index (χ2v) is 5.54. The van der Waals surface area contributed by atoms with E-state index in [9.17, 15) is 18.4 Å². The highest BCUT2D eigenvalue weighted by molar-refractivity contribution is 5.73. The summed E-state index contributed by atoms with van der Waals surface area (Å²) in [4.78, 5) is 25.1. The third-order valence-corrected chi connectivity index (χ3v) is 4.05. The molecule has 0 saturated carbocycles.